The number of piperidine rings is 1. The topological polar surface area (TPSA) is 69.7 Å². The average Bonchev–Trinajstić information content (AvgIpc) is 3.09. The molecule has 1 N–H and O–H groups in total. The van der Waals surface area contributed by atoms with Crippen molar-refractivity contribution in [2.24, 2.45) is 0 Å². The van der Waals surface area contributed by atoms with Gasteiger partial charge in [0.05, 0.1) is 11.9 Å². The molecule has 2 aromatic carbocycles. The first-order chi connectivity index (χ1) is 14.8. The van der Waals surface area contributed by atoms with Crippen LogP contribution in [0.5, 0.6) is 0 Å². The van der Waals surface area contributed by atoms with Gasteiger partial charge in [0.2, 0.25) is 10.0 Å². The molecule has 2 aliphatic rings. The highest BCUT2D eigenvalue weighted by Crippen LogP contribution is 2.34. The van der Waals surface area contributed by atoms with E-state index in [9.17, 15) is 13.2 Å². The number of nitrogens with one attached hydrogen (secondary N) is 1. The molecule has 166 valence electrons. The van der Waals surface area contributed by atoms with Gasteiger partial charge in [-0.15, -0.1) is 0 Å². The monoisotopic (exact) mass is 441 g/mol. The molecule has 1 saturated heterocycles. The van der Waals surface area contributed by atoms with E-state index in [1.54, 1.807) is 12.1 Å². The predicted molar refractivity (Wildman–Crippen MR) is 124 cm³/mol. The van der Waals surface area contributed by atoms with E-state index in [0.29, 0.717) is 24.2 Å². The molecule has 1 unspecified atom stereocenters. The first kappa shape index (κ1) is 21.8. The van der Waals surface area contributed by atoms with Crippen molar-refractivity contribution in [3.05, 3.63) is 64.7 Å². The molecule has 0 radical (unpaired) electrons. The maximum absolute atomic E-state index is 12.7. The summed E-state index contributed by atoms with van der Waals surface area (Å²) < 4.78 is 25.6. The molecule has 1 atom stereocenters. The Bertz CT molecular complexity index is 1040. The second kappa shape index (κ2) is 9.01. The minimum absolute atomic E-state index is 0.133. The lowest BCUT2D eigenvalue weighted by molar-refractivity contribution is 0.0951. The summed E-state index contributed by atoms with van der Waals surface area (Å²) in [6.07, 6.45) is 5.75. The molecule has 7 heteroatoms. The number of anilines is 1. The van der Waals surface area contributed by atoms with Crippen LogP contribution in [-0.2, 0) is 29.5 Å². The van der Waals surface area contributed by atoms with Gasteiger partial charge in [-0.1, -0.05) is 30.7 Å². The summed E-state index contributed by atoms with van der Waals surface area (Å²) in [6, 6.07) is 13.6. The van der Waals surface area contributed by atoms with E-state index in [4.69, 9.17) is 0 Å². The Hall–Kier alpha value is -2.38. The average molecular weight is 442 g/mol. The highest BCUT2D eigenvalue weighted by molar-refractivity contribution is 7.92. The molecule has 0 aromatic heterocycles. The van der Waals surface area contributed by atoms with Gasteiger partial charge in [0, 0.05) is 24.7 Å². The molecule has 0 saturated carbocycles. The molecular weight excluding hydrogens is 410 g/mol. The zero-order valence-corrected chi connectivity index (χ0v) is 19.1. The summed E-state index contributed by atoms with van der Waals surface area (Å²) in [7, 11) is -3.33. The zero-order valence-electron chi connectivity index (χ0n) is 18.3. The second-order valence-corrected chi connectivity index (χ2v) is 10.7. The Morgan fingerprint density at radius 1 is 1.03 bits per heavy atom. The number of carbonyl (C=O) groups excluding carboxylic acids is 1. The quantitative estimate of drug-likeness (QED) is 0.747. The van der Waals surface area contributed by atoms with Crippen LogP contribution in [0.1, 0.15) is 53.2 Å². The molecule has 2 heterocycles. The smallest absolute Gasteiger partial charge is 0.251 e. The van der Waals surface area contributed by atoms with E-state index >= 15 is 0 Å². The minimum atomic E-state index is -3.33. The Kier molecular flexibility index (Phi) is 6.34. The molecule has 2 aromatic rings. The number of amides is 1. The number of fused-ring (bicyclic) bond motifs is 1. The van der Waals surface area contributed by atoms with E-state index < -0.39 is 10.0 Å². The van der Waals surface area contributed by atoms with Crippen LogP contribution < -0.4 is 9.62 Å². The second-order valence-electron chi connectivity index (χ2n) is 8.79. The summed E-state index contributed by atoms with van der Waals surface area (Å²) >= 11 is 0. The molecule has 0 spiro atoms. The van der Waals surface area contributed by atoms with Crippen LogP contribution >= 0.6 is 0 Å². The largest absolute Gasteiger partial charge is 0.348 e. The number of nitrogens with zero attached hydrogens (tertiary/aromatic N) is 2. The molecule has 2 aliphatic heterocycles. The van der Waals surface area contributed by atoms with Crippen LogP contribution in [0, 0.1) is 0 Å². The standard InChI is InChI=1S/C24H31N3O3S/c1-18-14-22-15-21(10-11-23(22)27(18)31(2,29)30)24(28)25-16-19-6-8-20(9-7-19)17-26-12-4-3-5-13-26/h6-11,15,18H,3-5,12-14,16-17H2,1-2H3,(H,25,28). The molecule has 0 aliphatic carbocycles. The van der Waals surface area contributed by atoms with Gasteiger partial charge in [-0.25, -0.2) is 8.42 Å². The lowest BCUT2D eigenvalue weighted by Crippen LogP contribution is -2.34. The third-order valence-corrected chi connectivity index (χ3v) is 7.45. The molecule has 1 fully saturated rings. The fourth-order valence-electron chi connectivity index (χ4n) is 4.67. The van der Waals surface area contributed by atoms with Crippen molar-refractivity contribution in [2.45, 2.75) is 51.7 Å². The van der Waals surface area contributed by atoms with Crippen LogP contribution in [-0.4, -0.2) is 44.6 Å². The maximum Gasteiger partial charge on any atom is 0.251 e. The molecule has 0 bridgehead atoms. The Morgan fingerprint density at radius 2 is 1.71 bits per heavy atom. The highest BCUT2D eigenvalue weighted by atomic mass is 32.2. The van der Waals surface area contributed by atoms with Crippen LogP contribution in [0.15, 0.2) is 42.5 Å². The summed E-state index contributed by atoms with van der Waals surface area (Å²) in [6.45, 7) is 5.70. The van der Waals surface area contributed by atoms with Gasteiger partial charge in [-0.2, -0.15) is 0 Å². The number of sulfonamides is 1. The van der Waals surface area contributed by atoms with E-state index in [-0.39, 0.29) is 11.9 Å². The summed E-state index contributed by atoms with van der Waals surface area (Å²) in [5.74, 6) is -0.148. The lowest BCUT2D eigenvalue weighted by atomic mass is 10.1. The maximum atomic E-state index is 12.7. The Labute approximate surface area is 185 Å². The van der Waals surface area contributed by atoms with Crippen LogP contribution in [0.2, 0.25) is 0 Å². The Morgan fingerprint density at radius 3 is 2.39 bits per heavy atom. The number of likely N-dealkylation sites (tertiary alicyclic amines) is 1. The summed E-state index contributed by atoms with van der Waals surface area (Å²) in [4.78, 5) is 15.2. The van der Waals surface area contributed by atoms with Crippen molar-refractivity contribution in [1.29, 1.82) is 0 Å². The van der Waals surface area contributed by atoms with Crippen molar-refractivity contribution in [3.63, 3.8) is 0 Å². The zero-order chi connectivity index (χ0) is 22.0. The van der Waals surface area contributed by atoms with Gasteiger partial charge in [0.25, 0.3) is 5.91 Å². The van der Waals surface area contributed by atoms with Crippen LogP contribution in [0.3, 0.4) is 0 Å². The van der Waals surface area contributed by atoms with Gasteiger partial charge in [0.15, 0.2) is 0 Å². The van der Waals surface area contributed by atoms with Gasteiger partial charge < -0.3 is 5.32 Å². The fraction of sp³-hybridized carbons (Fsp3) is 0.458. The Balaban J connectivity index is 1.35. The third-order valence-electron chi connectivity index (χ3n) is 6.18. The van der Waals surface area contributed by atoms with Gasteiger partial charge in [0.1, 0.15) is 0 Å². The number of benzene rings is 2. The fourth-order valence-corrected chi connectivity index (χ4v) is 5.94. The number of hydrogen-bond acceptors (Lipinski definition) is 4. The van der Waals surface area contributed by atoms with E-state index in [1.807, 2.05) is 13.0 Å². The third kappa shape index (κ3) is 5.10. The normalized spacial score (nSPS) is 19.3. The van der Waals surface area contributed by atoms with Crippen LogP contribution in [0.25, 0.3) is 0 Å². The molecule has 4 rings (SSSR count). The van der Waals surface area contributed by atoms with Crippen molar-refractivity contribution < 1.29 is 13.2 Å². The molecule has 1 amide bonds. The van der Waals surface area contributed by atoms with Crippen molar-refractivity contribution >= 4 is 21.6 Å². The highest BCUT2D eigenvalue weighted by Gasteiger charge is 2.32. The first-order valence-corrected chi connectivity index (χ1v) is 12.9. The van der Waals surface area contributed by atoms with Gasteiger partial charge in [-0.05, 0) is 74.2 Å². The molecular formula is C24H31N3O3S. The lowest BCUT2D eigenvalue weighted by Gasteiger charge is -2.26. The van der Waals surface area contributed by atoms with Gasteiger partial charge in [-0.3, -0.25) is 14.0 Å². The van der Waals surface area contributed by atoms with Crippen LogP contribution in [0.4, 0.5) is 5.69 Å². The molecule has 31 heavy (non-hydrogen) atoms. The predicted octanol–water partition coefficient (Wildman–Crippen LogP) is 3.31. The van der Waals surface area contributed by atoms with Crippen molar-refractivity contribution in [2.75, 3.05) is 23.7 Å². The summed E-state index contributed by atoms with van der Waals surface area (Å²) in [5.41, 5.74) is 4.50. The first-order valence-electron chi connectivity index (χ1n) is 11.0. The van der Waals surface area contributed by atoms with Crippen molar-refractivity contribution in [1.82, 2.24) is 10.2 Å². The number of carbonyl (C=O) groups is 1. The SMILES string of the molecule is CC1Cc2cc(C(=O)NCc3ccc(CN4CCCCC4)cc3)ccc2N1S(C)(=O)=O. The molecule has 6 nitrogen and oxygen atoms in total. The van der Waals surface area contributed by atoms with E-state index in [1.165, 1.54) is 48.5 Å². The number of hydrogen-bond donors (Lipinski definition) is 1. The minimum Gasteiger partial charge on any atom is -0.348 e. The van der Waals surface area contributed by atoms with E-state index in [2.05, 4.69) is 34.5 Å². The number of rotatable bonds is 6. The van der Waals surface area contributed by atoms with E-state index in [0.717, 1.165) is 17.7 Å². The van der Waals surface area contributed by atoms with Gasteiger partial charge >= 0.3 is 0 Å². The summed E-state index contributed by atoms with van der Waals surface area (Å²) in [5, 5.41) is 2.98. The van der Waals surface area contributed by atoms with Crippen molar-refractivity contribution in [3.8, 4) is 0 Å².